The molecule has 0 spiro atoms. The Morgan fingerprint density at radius 1 is 0.973 bits per heavy atom. The molecule has 10 nitrogen and oxygen atoms in total. The molecule has 0 aliphatic carbocycles. The van der Waals surface area contributed by atoms with E-state index in [9.17, 15) is 9.59 Å². The predicted octanol–water partition coefficient (Wildman–Crippen LogP) is 4.38. The van der Waals surface area contributed by atoms with Gasteiger partial charge in [0.15, 0.2) is 11.0 Å². The number of nitrogens with zero attached hydrogens (tertiary/aromatic N) is 4. The molecular weight excluding hydrogens is 516 g/mol. The van der Waals surface area contributed by atoms with E-state index >= 15 is 0 Å². The van der Waals surface area contributed by atoms with Gasteiger partial charge in [0.1, 0.15) is 18.0 Å². The van der Waals surface area contributed by atoms with Gasteiger partial charge in [-0.25, -0.2) is 9.67 Å². The Hall–Kier alpha value is -4.09. The maximum Gasteiger partial charge on any atom is 0.246 e. The molecule has 0 atom stereocenters. The summed E-state index contributed by atoms with van der Waals surface area (Å²) >= 11 is 7.24. The Labute approximate surface area is 222 Å². The summed E-state index contributed by atoms with van der Waals surface area (Å²) in [5.74, 6) is 1.04. The minimum absolute atomic E-state index is 0.0598. The molecular formula is C25H23ClN6O4S. The van der Waals surface area contributed by atoms with Crippen LogP contribution in [0.2, 0.25) is 5.02 Å². The van der Waals surface area contributed by atoms with Crippen molar-refractivity contribution in [2.45, 2.75) is 11.7 Å². The average molecular weight is 539 g/mol. The highest BCUT2D eigenvalue weighted by Gasteiger charge is 2.17. The molecule has 2 aromatic heterocycles. The van der Waals surface area contributed by atoms with Crippen LogP contribution in [0.3, 0.4) is 0 Å². The van der Waals surface area contributed by atoms with Crippen LogP contribution in [0.15, 0.2) is 72.1 Å². The smallest absolute Gasteiger partial charge is 0.246 e. The number of anilines is 2. The number of halogens is 1. The van der Waals surface area contributed by atoms with Crippen LogP contribution >= 0.6 is 23.4 Å². The Bertz CT molecular complexity index is 1380. The van der Waals surface area contributed by atoms with Crippen LogP contribution in [0, 0.1) is 0 Å². The molecule has 2 amide bonds. The number of ether oxygens (including phenoxy) is 2. The first-order chi connectivity index (χ1) is 17.9. The summed E-state index contributed by atoms with van der Waals surface area (Å²) in [6, 6.07) is 15.5. The third kappa shape index (κ3) is 6.99. The highest BCUT2D eigenvalue weighted by molar-refractivity contribution is 7.99. The molecule has 0 radical (unpaired) electrons. The van der Waals surface area contributed by atoms with Crippen molar-refractivity contribution in [3.63, 3.8) is 0 Å². The Kier molecular flexibility index (Phi) is 8.60. The van der Waals surface area contributed by atoms with Crippen LogP contribution in [0.4, 0.5) is 11.4 Å². The van der Waals surface area contributed by atoms with Gasteiger partial charge in [-0.15, -0.1) is 5.10 Å². The molecule has 2 N–H and O–H groups in total. The van der Waals surface area contributed by atoms with Crippen molar-refractivity contribution < 1.29 is 19.1 Å². The molecule has 0 fully saturated rings. The zero-order chi connectivity index (χ0) is 26.2. The van der Waals surface area contributed by atoms with Crippen molar-refractivity contribution in [3.05, 3.63) is 72.0 Å². The Balaban J connectivity index is 1.49. The van der Waals surface area contributed by atoms with E-state index in [4.69, 9.17) is 21.1 Å². The van der Waals surface area contributed by atoms with Crippen LogP contribution in [-0.4, -0.2) is 51.5 Å². The number of hydrogen-bond donors (Lipinski definition) is 2. The fraction of sp³-hybridized carbons (Fsp3) is 0.160. The highest BCUT2D eigenvalue weighted by Crippen LogP contribution is 2.28. The minimum Gasteiger partial charge on any atom is -0.497 e. The van der Waals surface area contributed by atoms with Gasteiger partial charge in [-0.2, -0.15) is 0 Å². The fourth-order valence-electron chi connectivity index (χ4n) is 3.27. The number of methoxy groups -OCH3 is 2. The van der Waals surface area contributed by atoms with Crippen molar-refractivity contribution in [1.82, 2.24) is 19.7 Å². The molecule has 4 rings (SSSR count). The fourth-order valence-corrected chi connectivity index (χ4v) is 4.18. The molecule has 4 aromatic rings. The van der Waals surface area contributed by atoms with Gasteiger partial charge in [-0.3, -0.25) is 14.6 Å². The van der Waals surface area contributed by atoms with Crippen molar-refractivity contribution in [2.75, 3.05) is 30.6 Å². The highest BCUT2D eigenvalue weighted by atomic mass is 35.5. The van der Waals surface area contributed by atoms with Gasteiger partial charge in [0.25, 0.3) is 0 Å². The first kappa shape index (κ1) is 26.0. The zero-order valence-corrected chi connectivity index (χ0v) is 21.5. The topological polar surface area (TPSA) is 120 Å². The summed E-state index contributed by atoms with van der Waals surface area (Å²) in [6.07, 6.45) is 3.26. The molecule has 0 unspecified atom stereocenters. The third-order valence-corrected chi connectivity index (χ3v) is 6.21. The van der Waals surface area contributed by atoms with Gasteiger partial charge in [0.2, 0.25) is 11.8 Å². The molecule has 0 aliphatic rings. The number of carbonyl (C=O) groups excluding carboxylic acids is 2. The lowest BCUT2D eigenvalue weighted by Crippen LogP contribution is -2.21. The largest absolute Gasteiger partial charge is 0.497 e. The van der Waals surface area contributed by atoms with Crippen LogP contribution in [0.25, 0.3) is 11.4 Å². The predicted molar refractivity (Wildman–Crippen MR) is 142 cm³/mol. The molecule has 0 saturated heterocycles. The van der Waals surface area contributed by atoms with Crippen molar-refractivity contribution in [2.24, 2.45) is 0 Å². The number of benzene rings is 2. The summed E-state index contributed by atoms with van der Waals surface area (Å²) < 4.78 is 11.9. The molecule has 12 heteroatoms. The maximum atomic E-state index is 12.9. The summed E-state index contributed by atoms with van der Waals surface area (Å²) in [5, 5.41) is 11.0. The second kappa shape index (κ2) is 12.2. The van der Waals surface area contributed by atoms with E-state index in [0.717, 1.165) is 5.56 Å². The maximum absolute atomic E-state index is 12.9. The van der Waals surface area contributed by atoms with Gasteiger partial charge >= 0.3 is 0 Å². The lowest BCUT2D eigenvalue weighted by Gasteiger charge is -2.11. The second-order valence-electron chi connectivity index (χ2n) is 7.57. The minimum atomic E-state index is -0.365. The van der Waals surface area contributed by atoms with E-state index in [1.54, 1.807) is 74.1 Å². The first-order valence-corrected chi connectivity index (χ1v) is 12.4. The average Bonchev–Trinajstić information content (AvgIpc) is 3.31. The molecule has 190 valence electrons. The van der Waals surface area contributed by atoms with Crippen LogP contribution in [-0.2, 0) is 16.1 Å². The van der Waals surface area contributed by atoms with Crippen molar-refractivity contribution in [1.29, 1.82) is 0 Å². The number of pyridine rings is 1. The molecule has 0 aliphatic heterocycles. The summed E-state index contributed by atoms with van der Waals surface area (Å²) in [6.45, 7) is -0.143. The van der Waals surface area contributed by atoms with Gasteiger partial charge in [0.05, 0.1) is 25.7 Å². The molecule has 0 bridgehead atoms. The quantitative estimate of drug-likeness (QED) is 0.285. The number of nitrogens with one attached hydrogen (secondary N) is 2. The Morgan fingerprint density at radius 3 is 2.43 bits per heavy atom. The van der Waals surface area contributed by atoms with E-state index in [-0.39, 0.29) is 24.1 Å². The number of carbonyl (C=O) groups is 2. The first-order valence-electron chi connectivity index (χ1n) is 11.0. The van der Waals surface area contributed by atoms with Crippen LogP contribution in [0.5, 0.6) is 11.5 Å². The van der Waals surface area contributed by atoms with Crippen LogP contribution in [0.1, 0.15) is 0 Å². The van der Waals surface area contributed by atoms with Gasteiger partial charge < -0.3 is 20.1 Å². The second-order valence-corrected chi connectivity index (χ2v) is 8.95. The summed E-state index contributed by atoms with van der Waals surface area (Å²) in [7, 11) is 3.08. The van der Waals surface area contributed by atoms with Gasteiger partial charge in [-0.1, -0.05) is 23.4 Å². The number of hydrogen-bond acceptors (Lipinski definition) is 8. The lowest BCUT2D eigenvalue weighted by molar-refractivity contribution is -0.117. The third-order valence-electron chi connectivity index (χ3n) is 5.01. The zero-order valence-electron chi connectivity index (χ0n) is 20.0. The van der Waals surface area contributed by atoms with Gasteiger partial charge in [-0.05, 0) is 54.6 Å². The Morgan fingerprint density at radius 2 is 1.73 bits per heavy atom. The van der Waals surface area contributed by atoms with Crippen LogP contribution < -0.4 is 20.1 Å². The number of rotatable bonds is 10. The monoisotopic (exact) mass is 538 g/mol. The van der Waals surface area contributed by atoms with Gasteiger partial charge in [0, 0.05) is 28.7 Å². The van der Waals surface area contributed by atoms with E-state index < -0.39 is 0 Å². The van der Waals surface area contributed by atoms with E-state index in [2.05, 4.69) is 25.7 Å². The van der Waals surface area contributed by atoms with E-state index in [1.165, 1.54) is 23.6 Å². The molecule has 2 heterocycles. The van der Waals surface area contributed by atoms with Crippen molar-refractivity contribution in [3.8, 4) is 22.9 Å². The number of thioether (sulfide) groups is 1. The summed E-state index contributed by atoms with van der Waals surface area (Å²) in [4.78, 5) is 34.0. The molecule has 0 saturated carbocycles. The lowest BCUT2D eigenvalue weighted by atomic mass is 10.3. The number of amides is 2. The number of aromatic nitrogens is 4. The molecule has 2 aromatic carbocycles. The summed E-state index contributed by atoms with van der Waals surface area (Å²) in [5.41, 5.74) is 1.80. The van der Waals surface area contributed by atoms with Crippen molar-refractivity contribution >= 4 is 46.6 Å². The van der Waals surface area contributed by atoms with E-state index in [1.807, 2.05) is 0 Å². The SMILES string of the molecule is COc1ccc(NC(=O)CSc2nc(-c3ccncc3)nn2CC(=O)Nc2cc(Cl)ccc2OC)cc1. The standard InChI is InChI=1S/C25H23ClN6O4S/c1-35-19-6-4-18(5-7-19)28-23(34)15-37-25-30-24(16-9-11-27-12-10-16)31-32(25)14-22(33)29-20-13-17(26)3-8-21(20)36-2/h3-13H,14-15H2,1-2H3,(H,28,34)(H,29,33). The van der Waals surface area contributed by atoms with E-state index in [0.29, 0.717) is 38.9 Å². The normalized spacial score (nSPS) is 10.6. The molecule has 37 heavy (non-hydrogen) atoms.